The average molecular weight is 261 g/mol. The molecule has 0 fully saturated rings. The van der Waals surface area contributed by atoms with Crippen molar-refractivity contribution in [1.82, 2.24) is 4.90 Å². The predicted molar refractivity (Wildman–Crippen MR) is 78.6 cm³/mol. The molecule has 0 saturated heterocycles. The fourth-order valence-electron chi connectivity index (χ4n) is 1.89. The highest BCUT2D eigenvalue weighted by molar-refractivity contribution is 5.94. The van der Waals surface area contributed by atoms with E-state index < -0.39 is 0 Å². The van der Waals surface area contributed by atoms with Crippen molar-refractivity contribution in [2.24, 2.45) is 0 Å². The molecule has 3 heteroatoms. The Balaban J connectivity index is 2.72. The van der Waals surface area contributed by atoms with Crippen LogP contribution in [-0.2, 0) is 0 Å². The summed E-state index contributed by atoms with van der Waals surface area (Å²) in [6, 6.07) is 7.29. The molecule has 0 aliphatic carbocycles. The van der Waals surface area contributed by atoms with Gasteiger partial charge in [0.2, 0.25) is 0 Å². The van der Waals surface area contributed by atoms with Crippen molar-refractivity contribution in [1.29, 1.82) is 0 Å². The van der Waals surface area contributed by atoms with Gasteiger partial charge in [0.05, 0.1) is 0 Å². The quantitative estimate of drug-likeness (QED) is 0.670. The number of hydrogen-bond acceptors (Lipinski definition) is 2. The number of amides is 1. The molecule has 3 nitrogen and oxygen atoms in total. The summed E-state index contributed by atoms with van der Waals surface area (Å²) < 4.78 is 5.40. The minimum absolute atomic E-state index is 0.0963. The summed E-state index contributed by atoms with van der Waals surface area (Å²) in [7, 11) is 0. The van der Waals surface area contributed by atoms with Crippen LogP contribution in [0.25, 0.3) is 0 Å². The molecule has 0 radical (unpaired) electrons. The van der Waals surface area contributed by atoms with Crippen molar-refractivity contribution >= 4 is 5.91 Å². The molecule has 0 aliphatic rings. The van der Waals surface area contributed by atoms with Crippen LogP contribution >= 0.6 is 0 Å². The standard InChI is InChI=1S/C16H23NO2/c1-4-11-17(12-5-2)16(18)14-7-9-15(10-8-14)19-13-6-3/h6-10H,3-5,11-13H2,1-2H3. The summed E-state index contributed by atoms with van der Waals surface area (Å²) in [5.74, 6) is 0.855. The Bertz CT molecular complexity index is 392. The van der Waals surface area contributed by atoms with E-state index in [4.69, 9.17) is 4.74 Å². The van der Waals surface area contributed by atoms with Crippen molar-refractivity contribution in [3.8, 4) is 5.75 Å². The lowest BCUT2D eigenvalue weighted by atomic mass is 10.2. The van der Waals surface area contributed by atoms with E-state index >= 15 is 0 Å². The first kappa shape index (κ1) is 15.3. The maximum atomic E-state index is 12.3. The molecular weight excluding hydrogens is 238 g/mol. The number of benzene rings is 1. The van der Waals surface area contributed by atoms with E-state index in [1.807, 2.05) is 29.2 Å². The maximum Gasteiger partial charge on any atom is 0.253 e. The predicted octanol–water partition coefficient (Wildman–Crippen LogP) is 3.51. The van der Waals surface area contributed by atoms with Crippen LogP contribution in [0.4, 0.5) is 0 Å². The number of ether oxygens (including phenoxy) is 1. The Labute approximate surface area is 115 Å². The lowest BCUT2D eigenvalue weighted by molar-refractivity contribution is 0.0755. The van der Waals surface area contributed by atoms with Gasteiger partial charge >= 0.3 is 0 Å². The van der Waals surface area contributed by atoms with Crippen molar-refractivity contribution in [3.63, 3.8) is 0 Å². The van der Waals surface area contributed by atoms with Crippen molar-refractivity contribution < 1.29 is 9.53 Å². The number of nitrogens with zero attached hydrogens (tertiary/aromatic N) is 1. The highest BCUT2D eigenvalue weighted by Crippen LogP contribution is 2.14. The van der Waals surface area contributed by atoms with E-state index in [0.29, 0.717) is 12.2 Å². The van der Waals surface area contributed by atoms with Gasteiger partial charge in [-0.1, -0.05) is 26.5 Å². The molecule has 0 bridgehead atoms. The Morgan fingerprint density at radius 3 is 2.26 bits per heavy atom. The van der Waals surface area contributed by atoms with Gasteiger partial charge in [-0.3, -0.25) is 4.79 Å². The SMILES string of the molecule is C=CCOc1ccc(C(=O)N(CCC)CCC)cc1. The number of rotatable bonds is 8. The molecule has 1 aromatic carbocycles. The summed E-state index contributed by atoms with van der Waals surface area (Å²) in [5, 5.41) is 0. The lowest BCUT2D eigenvalue weighted by Gasteiger charge is -2.21. The third kappa shape index (κ3) is 4.78. The fourth-order valence-corrected chi connectivity index (χ4v) is 1.89. The summed E-state index contributed by atoms with van der Waals surface area (Å²) in [6.07, 6.45) is 3.65. The highest BCUT2D eigenvalue weighted by Gasteiger charge is 2.13. The molecule has 0 atom stereocenters. The smallest absolute Gasteiger partial charge is 0.253 e. The van der Waals surface area contributed by atoms with Gasteiger partial charge in [-0.2, -0.15) is 0 Å². The number of hydrogen-bond donors (Lipinski definition) is 0. The highest BCUT2D eigenvalue weighted by atomic mass is 16.5. The van der Waals surface area contributed by atoms with Crippen molar-refractivity contribution in [2.45, 2.75) is 26.7 Å². The second-order valence-corrected chi connectivity index (χ2v) is 4.42. The van der Waals surface area contributed by atoms with E-state index in [2.05, 4.69) is 20.4 Å². The van der Waals surface area contributed by atoms with Gasteiger partial charge in [0.25, 0.3) is 5.91 Å². The van der Waals surface area contributed by atoms with E-state index in [9.17, 15) is 4.79 Å². The zero-order chi connectivity index (χ0) is 14.1. The zero-order valence-corrected chi connectivity index (χ0v) is 11.9. The molecule has 0 aliphatic heterocycles. The number of carbonyl (C=O) groups excluding carboxylic acids is 1. The van der Waals surface area contributed by atoms with Crippen LogP contribution in [0.15, 0.2) is 36.9 Å². The Morgan fingerprint density at radius 2 is 1.79 bits per heavy atom. The van der Waals surface area contributed by atoms with E-state index in [-0.39, 0.29) is 5.91 Å². The first-order chi connectivity index (χ1) is 9.22. The second kappa shape index (κ2) is 8.35. The van der Waals surface area contributed by atoms with Crippen molar-refractivity contribution in [2.75, 3.05) is 19.7 Å². The Kier molecular flexibility index (Phi) is 6.72. The van der Waals surface area contributed by atoms with Crippen LogP contribution in [0.3, 0.4) is 0 Å². The molecule has 0 N–H and O–H groups in total. The van der Waals surface area contributed by atoms with Crippen LogP contribution in [-0.4, -0.2) is 30.5 Å². The molecule has 0 aromatic heterocycles. The molecule has 0 saturated carbocycles. The second-order valence-electron chi connectivity index (χ2n) is 4.42. The summed E-state index contributed by atoms with van der Waals surface area (Å²) in [5.41, 5.74) is 0.716. The fraction of sp³-hybridized carbons (Fsp3) is 0.438. The topological polar surface area (TPSA) is 29.5 Å². The largest absolute Gasteiger partial charge is 0.490 e. The minimum Gasteiger partial charge on any atom is -0.490 e. The van der Waals surface area contributed by atoms with Gasteiger partial charge in [-0.25, -0.2) is 0 Å². The zero-order valence-electron chi connectivity index (χ0n) is 11.9. The van der Waals surface area contributed by atoms with E-state index in [0.717, 1.165) is 31.7 Å². The van der Waals surface area contributed by atoms with Crippen LogP contribution in [0.5, 0.6) is 5.75 Å². The summed E-state index contributed by atoms with van der Waals surface area (Å²) in [4.78, 5) is 14.2. The third-order valence-electron chi connectivity index (χ3n) is 2.74. The van der Waals surface area contributed by atoms with Gasteiger partial charge in [0.1, 0.15) is 12.4 Å². The monoisotopic (exact) mass is 261 g/mol. The summed E-state index contributed by atoms with van der Waals surface area (Å²) >= 11 is 0. The molecule has 0 heterocycles. The molecule has 0 unspecified atom stereocenters. The van der Waals surface area contributed by atoms with Crippen LogP contribution in [0.2, 0.25) is 0 Å². The molecule has 19 heavy (non-hydrogen) atoms. The van der Waals surface area contributed by atoms with E-state index in [1.165, 1.54) is 0 Å². The summed E-state index contributed by atoms with van der Waals surface area (Å²) in [6.45, 7) is 9.86. The van der Waals surface area contributed by atoms with Gasteiger partial charge < -0.3 is 9.64 Å². The van der Waals surface area contributed by atoms with Gasteiger partial charge in [0.15, 0.2) is 0 Å². The minimum atomic E-state index is 0.0963. The van der Waals surface area contributed by atoms with E-state index in [1.54, 1.807) is 6.08 Å². The molecule has 104 valence electrons. The van der Waals surface area contributed by atoms with Crippen LogP contribution in [0, 0.1) is 0 Å². The number of carbonyl (C=O) groups is 1. The lowest BCUT2D eigenvalue weighted by Crippen LogP contribution is -2.32. The average Bonchev–Trinajstić information content (AvgIpc) is 2.44. The first-order valence-corrected chi connectivity index (χ1v) is 6.86. The molecule has 1 aromatic rings. The van der Waals surface area contributed by atoms with Gasteiger partial charge in [-0.15, -0.1) is 0 Å². The van der Waals surface area contributed by atoms with Gasteiger partial charge in [-0.05, 0) is 37.1 Å². The Hall–Kier alpha value is -1.77. The van der Waals surface area contributed by atoms with Crippen LogP contribution in [0.1, 0.15) is 37.0 Å². The normalized spacial score (nSPS) is 10.0. The van der Waals surface area contributed by atoms with Crippen LogP contribution < -0.4 is 4.74 Å². The first-order valence-electron chi connectivity index (χ1n) is 6.86. The molecule has 1 amide bonds. The van der Waals surface area contributed by atoms with Gasteiger partial charge in [0, 0.05) is 18.7 Å². The third-order valence-corrected chi connectivity index (χ3v) is 2.74. The van der Waals surface area contributed by atoms with Crippen molar-refractivity contribution in [3.05, 3.63) is 42.5 Å². The molecular formula is C16H23NO2. The maximum absolute atomic E-state index is 12.3. The Morgan fingerprint density at radius 1 is 1.21 bits per heavy atom. The molecule has 0 spiro atoms. The molecule has 1 rings (SSSR count).